The van der Waals surface area contributed by atoms with Crippen molar-refractivity contribution in [1.29, 1.82) is 0 Å². The predicted molar refractivity (Wildman–Crippen MR) is 59.0 cm³/mol. The van der Waals surface area contributed by atoms with Crippen LogP contribution in [0.15, 0.2) is 0 Å². The summed E-state index contributed by atoms with van der Waals surface area (Å²) in [6.07, 6.45) is 0. The molecule has 4 heteroatoms. The molecular formula is C11H18N2O2. The minimum absolute atomic E-state index is 0.307. The van der Waals surface area contributed by atoms with Gasteiger partial charge < -0.3 is 15.0 Å². The highest BCUT2D eigenvalue weighted by Gasteiger charge is 2.16. The fourth-order valence-corrected chi connectivity index (χ4v) is 1.61. The standard InChI is InChI=1S/C11H18N2O2/c1-5-12-6-9-7(2)10(11(14)15-4)13-8(9)3/h12-13H,5-6H2,1-4H3. The summed E-state index contributed by atoms with van der Waals surface area (Å²) in [5.41, 5.74) is 3.70. The van der Waals surface area contributed by atoms with E-state index in [4.69, 9.17) is 4.74 Å². The maximum atomic E-state index is 11.4. The van der Waals surface area contributed by atoms with Crippen molar-refractivity contribution in [2.24, 2.45) is 0 Å². The third kappa shape index (κ3) is 2.39. The van der Waals surface area contributed by atoms with E-state index in [-0.39, 0.29) is 5.97 Å². The van der Waals surface area contributed by atoms with Crippen LogP contribution in [0.2, 0.25) is 0 Å². The van der Waals surface area contributed by atoms with Gasteiger partial charge in [0.15, 0.2) is 0 Å². The zero-order valence-corrected chi connectivity index (χ0v) is 9.73. The number of methoxy groups -OCH3 is 1. The van der Waals surface area contributed by atoms with E-state index in [1.807, 2.05) is 13.8 Å². The van der Waals surface area contributed by atoms with Gasteiger partial charge in [-0.3, -0.25) is 0 Å². The Bertz CT molecular complexity index is 356. The summed E-state index contributed by atoms with van der Waals surface area (Å²) >= 11 is 0. The maximum Gasteiger partial charge on any atom is 0.354 e. The molecule has 0 unspecified atom stereocenters. The monoisotopic (exact) mass is 210 g/mol. The molecule has 0 amide bonds. The number of ether oxygens (including phenoxy) is 1. The Hall–Kier alpha value is -1.29. The highest BCUT2D eigenvalue weighted by Crippen LogP contribution is 2.18. The highest BCUT2D eigenvalue weighted by molar-refractivity contribution is 5.89. The average Bonchev–Trinajstić information content (AvgIpc) is 2.51. The molecule has 0 radical (unpaired) electrons. The van der Waals surface area contributed by atoms with E-state index in [1.165, 1.54) is 7.11 Å². The number of rotatable bonds is 4. The Morgan fingerprint density at radius 1 is 1.47 bits per heavy atom. The minimum atomic E-state index is -0.307. The first kappa shape index (κ1) is 11.8. The lowest BCUT2D eigenvalue weighted by molar-refractivity contribution is 0.0594. The third-order valence-electron chi connectivity index (χ3n) is 2.53. The van der Waals surface area contributed by atoms with Crippen LogP contribution in [-0.2, 0) is 11.3 Å². The molecule has 0 aliphatic heterocycles. The van der Waals surface area contributed by atoms with Gasteiger partial charge in [-0.25, -0.2) is 4.79 Å². The normalized spacial score (nSPS) is 10.4. The number of esters is 1. The molecule has 0 saturated heterocycles. The molecular weight excluding hydrogens is 192 g/mol. The molecule has 1 aromatic heterocycles. The molecule has 0 aliphatic carbocycles. The molecule has 1 heterocycles. The van der Waals surface area contributed by atoms with Crippen LogP contribution in [0.25, 0.3) is 0 Å². The molecule has 4 nitrogen and oxygen atoms in total. The molecule has 1 rings (SSSR count). The van der Waals surface area contributed by atoms with Gasteiger partial charge in [-0.1, -0.05) is 6.92 Å². The zero-order valence-electron chi connectivity index (χ0n) is 9.73. The molecule has 84 valence electrons. The first-order valence-corrected chi connectivity index (χ1v) is 5.08. The number of hydrogen-bond acceptors (Lipinski definition) is 3. The van der Waals surface area contributed by atoms with Crippen molar-refractivity contribution < 1.29 is 9.53 Å². The van der Waals surface area contributed by atoms with Gasteiger partial charge in [-0.2, -0.15) is 0 Å². The van der Waals surface area contributed by atoms with Gasteiger partial charge >= 0.3 is 5.97 Å². The van der Waals surface area contributed by atoms with E-state index in [2.05, 4.69) is 17.2 Å². The van der Waals surface area contributed by atoms with Crippen molar-refractivity contribution in [3.63, 3.8) is 0 Å². The zero-order chi connectivity index (χ0) is 11.4. The lowest BCUT2D eigenvalue weighted by Crippen LogP contribution is -2.13. The first-order valence-electron chi connectivity index (χ1n) is 5.08. The molecule has 0 aromatic carbocycles. The quantitative estimate of drug-likeness (QED) is 0.741. The smallest absolute Gasteiger partial charge is 0.354 e. The predicted octanol–water partition coefficient (Wildman–Crippen LogP) is 1.53. The van der Waals surface area contributed by atoms with Gasteiger partial charge in [0.2, 0.25) is 0 Å². The lowest BCUT2D eigenvalue weighted by atomic mass is 10.1. The molecule has 0 atom stereocenters. The number of carbonyl (C=O) groups is 1. The summed E-state index contributed by atoms with van der Waals surface area (Å²) < 4.78 is 4.70. The largest absolute Gasteiger partial charge is 0.464 e. The summed E-state index contributed by atoms with van der Waals surface area (Å²) in [6.45, 7) is 7.65. The Morgan fingerprint density at radius 3 is 2.67 bits per heavy atom. The van der Waals surface area contributed by atoms with Crippen LogP contribution in [0.1, 0.15) is 34.2 Å². The van der Waals surface area contributed by atoms with Crippen LogP contribution in [0.3, 0.4) is 0 Å². The van der Waals surface area contributed by atoms with Crippen LogP contribution in [-0.4, -0.2) is 24.6 Å². The van der Waals surface area contributed by atoms with Gasteiger partial charge in [-0.05, 0) is 31.5 Å². The number of carbonyl (C=O) groups excluding carboxylic acids is 1. The van der Waals surface area contributed by atoms with E-state index in [0.29, 0.717) is 5.69 Å². The molecule has 1 aromatic rings. The fraction of sp³-hybridized carbons (Fsp3) is 0.545. The van der Waals surface area contributed by atoms with Crippen molar-refractivity contribution in [3.8, 4) is 0 Å². The minimum Gasteiger partial charge on any atom is -0.464 e. The fourth-order valence-electron chi connectivity index (χ4n) is 1.61. The van der Waals surface area contributed by atoms with Crippen molar-refractivity contribution in [3.05, 3.63) is 22.5 Å². The number of nitrogens with one attached hydrogen (secondary N) is 2. The summed E-state index contributed by atoms with van der Waals surface area (Å²) in [7, 11) is 1.39. The van der Waals surface area contributed by atoms with Crippen LogP contribution in [0, 0.1) is 13.8 Å². The van der Waals surface area contributed by atoms with E-state index >= 15 is 0 Å². The lowest BCUT2D eigenvalue weighted by Gasteiger charge is -2.02. The Labute approximate surface area is 90.0 Å². The Balaban J connectivity index is 2.98. The molecule has 0 bridgehead atoms. The molecule has 0 fully saturated rings. The second kappa shape index (κ2) is 4.98. The van der Waals surface area contributed by atoms with Gasteiger partial charge in [0.1, 0.15) is 5.69 Å². The summed E-state index contributed by atoms with van der Waals surface area (Å²) in [4.78, 5) is 14.5. The number of aromatic nitrogens is 1. The second-order valence-electron chi connectivity index (χ2n) is 3.50. The maximum absolute atomic E-state index is 11.4. The van der Waals surface area contributed by atoms with Gasteiger partial charge in [0.25, 0.3) is 0 Å². The van der Waals surface area contributed by atoms with Crippen molar-refractivity contribution in [1.82, 2.24) is 10.3 Å². The van der Waals surface area contributed by atoms with E-state index in [1.54, 1.807) is 0 Å². The van der Waals surface area contributed by atoms with E-state index < -0.39 is 0 Å². The SMILES string of the molecule is CCNCc1c(C)[nH]c(C(=O)OC)c1C. The van der Waals surface area contributed by atoms with Crippen LogP contribution < -0.4 is 5.32 Å². The number of H-pyrrole nitrogens is 1. The van der Waals surface area contributed by atoms with E-state index in [0.717, 1.165) is 29.9 Å². The average molecular weight is 210 g/mol. The van der Waals surface area contributed by atoms with Gasteiger partial charge in [-0.15, -0.1) is 0 Å². The van der Waals surface area contributed by atoms with Crippen molar-refractivity contribution in [2.75, 3.05) is 13.7 Å². The number of aromatic amines is 1. The summed E-state index contributed by atoms with van der Waals surface area (Å²) in [5.74, 6) is -0.307. The first-order chi connectivity index (χ1) is 7.11. The Morgan fingerprint density at radius 2 is 2.13 bits per heavy atom. The van der Waals surface area contributed by atoms with Crippen LogP contribution in [0.5, 0.6) is 0 Å². The highest BCUT2D eigenvalue weighted by atomic mass is 16.5. The van der Waals surface area contributed by atoms with E-state index in [9.17, 15) is 4.79 Å². The molecule has 0 saturated carbocycles. The molecule has 0 spiro atoms. The summed E-state index contributed by atoms with van der Waals surface area (Å²) in [6, 6.07) is 0. The molecule has 0 aliphatic rings. The number of hydrogen-bond donors (Lipinski definition) is 2. The number of aryl methyl sites for hydroxylation is 1. The van der Waals surface area contributed by atoms with Crippen molar-refractivity contribution in [2.45, 2.75) is 27.3 Å². The van der Waals surface area contributed by atoms with Crippen LogP contribution in [0.4, 0.5) is 0 Å². The van der Waals surface area contributed by atoms with Gasteiger partial charge in [0.05, 0.1) is 7.11 Å². The molecule has 15 heavy (non-hydrogen) atoms. The second-order valence-corrected chi connectivity index (χ2v) is 3.50. The molecule has 2 N–H and O–H groups in total. The van der Waals surface area contributed by atoms with Crippen LogP contribution >= 0.6 is 0 Å². The topological polar surface area (TPSA) is 54.1 Å². The van der Waals surface area contributed by atoms with Gasteiger partial charge in [0, 0.05) is 12.2 Å². The third-order valence-corrected chi connectivity index (χ3v) is 2.53. The Kier molecular flexibility index (Phi) is 3.91. The summed E-state index contributed by atoms with van der Waals surface area (Å²) in [5, 5.41) is 3.24. The van der Waals surface area contributed by atoms with Crippen molar-refractivity contribution >= 4 is 5.97 Å².